The van der Waals surface area contributed by atoms with Gasteiger partial charge in [-0.15, -0.1) is 0 Å². The van der Waals surface area contributed by atoms with Crippen molar-refractivity contribution >= 4 is 17.1 Å². The minimum absolute atomic E-state index is 0.0667. The molecule has 3 aliphatic rings. The Hall–Kier alpha value is -6.44. The molecule has 0 radical (unpaired) electrons. The molecule has 0 heterocycles. The first-order valence-corrected chi connectivity index (χ1v) is 21.1. The van der Waals surface area contributed by atoms with E-state index in [0.29, 0.717) is 0 Å². The summed E-state index contributed by atoms with van der Waals surface area (Å²) in [6.45, 7) is 4.79. The van der Waals surface area contributed by atoms with Gasteiger partial charge >= 0.3 is 0 Å². The Labute approximate surface area is 343 Å². The number of fused-ring (bicyclic) bond motifs is 8. The van der Waals surface area contributed by atoms with Crippen molar-refractivity contribution in [1.82, 2.24) is 0 Å². The summed E-state index contributed by atoms with van der Waals surface area (Å²) in [5.41, 5.74) is 22.3. The smallest absolute Gasteiger partial charge is 0.0540 e. The molecule has 0 aliphatic heterocycles. The van der Waals surface area contributed by atoms with Crippen LogP contribution in [0.5, 0.6) is 0 Å². The van der Waals surface area contributed by atoms with Gasteiger partial charge in [0.1, 0.15) is 0 Å². The second kappa shape index (κ2) is 13.6. The van der Waals surface area contributed by atoms with Crippen molar-refractivity contribution in [2.24, 2.45) is 0 Å². The number of anilines is 3. The zero-order chi connectivity index (χ0) is 38.8. The van der Waals surface area contributed by atoms with Crippen molar-refractivity contribution in [2.45, 2.75) is 56.8 Å². The minimum Gasteiger partial charge on any atom is -0.310 e. The molecule has 0 saturated heterocycles. The van der Waals surface area contributed by atoms with Gasteiger partial charge in [0.2, 0.25) is 0 Å². The van der Waals surface area contributed by atoms with Crippen molar-refractivity contribution in [3.8, 4) is 55.6 Å². The Balaban J connectivity index is 1.08. The van der Waals surface area contributed by atoms with Gasteiger partial charge < -0.3 is 4.90 Å². The van der Waals surface area contributed by atoms with Crippen LogP contribution in [0.25, 0.3) is 55.6 Å². The summed E-state index contributed by atoms with van der Waals surface area (Å²) in [6, 6.07) is 70.4. The molecule has 0 atom stereocenters. The van der Waals surface area contributed by atoms with Gasteiger partial charge in [0.15, 0.2) is 0 Å². The standard InChI is InChI=1S/C57H47N/c1-56(2)51-23-10-7-19-46(51)49-21-15-22-50(55(49)56)48-20-9-12-25-54(48)58(43-32-30-42(31-33-43)41-28-26-40(27-29-41)39-16-5-3-6-17-39)44-34-35-47-45-18-8-11-24-52(45)57(53(47)38-44)36-13-4-14-37-57/h3,5-12,15-35,38H,4,13-14,36-37H2,1-2H3. The third-order valence-corrected chi connectivity index (χ3v) is 13.7. The fourth-order valence-corrected chi connectivity index (χ4v) is 11.0. The third kappa shape index (κ3) is 5.37. The van der Waals surface area contributed by atoms with Crippen molar-refractivity contribution in [1.29, 1.82) is 0 Å². The molecule has 0 N–H and O–H groups in total. The number of rotatable bonds is 6. The Bertz CT molecular complexity index is 2820. The molecule has 1 nitrogen and oxygen atoms in total. The highest BCUT2D eigenvalue weighted by atomic mass is 15.1. The molecule has 58 heavy (non-hydrogen) atoms. The molecule has 1 fully saturated rings. The first-order valence-electron chi connectivity index (χ1n) is 21.1. The van der Waals surface area contributed by atoms with Gasteiger partial charge in [0, 0.05) is 27.8 Å². The van der Waals surface area contributed by atoms with Gasteiger partial charge in [0.05, 0.1) is 5.69 Å². The topological polar surface area (TPSA) is 3.24 Å². The number of hydrogen-bond acceptors (Lipinski definition) is 1. The fraction of sp³-hybridized carbons (Fsp3) is 0.158. The lowest BCUT2D eigenvalue weighted by Gasteiger charge is -2.37. The van der Waals surface area contributed by atoms with Crippen LogP contribution >= 0.6 is 0 Å². The molecule has 1 spiro atoms. The van der Waals surface area contributed by atoms with E-state index in [-0.39, 0.29) is 10.8 Å². The van der Waals surface area contributed by atoms with Crippen molar-refractivity contribution in [2.75, 3.05) is 4.90 Å². The number of benzene rings is 8. The van der Waals surface area contributed by atoms with E-state index in [0.717, 1.165) is 5.69 Å². The zero-order valence-corrected chi connectivity index (χ0v) is 33.4. The summed E-state index contributed by atoms with van der Waals surface area (Å²) < 4.78 is 0. The van der Waals surface area contributed by atoms with Crippen LogP contribution in [0.4, 0.5) is 17.1 Å². The fourth-order valence-electron chi connectivity index (χ4n) is 11.0. The Morgan fingerprint density at radius 3 is 1.53 bits per heavy atom. The van der Waals surface area contributed by atoms with Crippen LogP contribution in [0, 0.1) is 0 Å². The van der Waals surface area contributed by atoms with Crippen molar-refractivity contribution in [3.63, 3.8) is 0 Å². The van der Waals surface area contributed by atoms with Gasteiger partial charge in [-0.2, -0.15) is 0 Å². The van der Waals surface area contributed by atoms with E-state index in [1.54, 1.807) is 0 Å². The number of para-hydroxylation sites is 1. The molecule has 8 aromatic rings. The highest BCUT2D eigenvalue weighted by Crippen LogP contribution is 2.58. The van der Waals surface area contributed by atoms with Crippen LogP contribution in [0.2, 0.25) is 0 Å². The largest absolute Gasteiger partial charge is 0.310 e. The molecule has 0 unspecified atom stereocenters. The second-order valence-corrected chi connectivity index (χ2v) is 17.2. The molecular weight excluding hydrogens is 699 g/mol. The van der Waals surface area contributed by atoms with E-state index in [4.69, 9.17) is 0 Å². The quantitative estimate of drug-likeness (QED) is 0.164. The minimum atomic E-state index is -0.134. The van der Waals surface area contributed by atoms with Crippen LogP contribution in [0.15, 0.2) is 188 Å². The van der Waals surface area contributed by atoms with Gasteiger partial charge in [0.25, 0.3) is 0 Å². The summed E-state index contributed by atoms with van der Waals surface area (Å²) >= 11 is 0. The predicted octanol–water partition coefficient (Wildman–Crippen LogP) is 15.7. The van der Waals surface area contributed by atoms with Crippen LogP contribution in [-0.2, 0) is 10.8 Å². The number of hydrogen-bond donors (Lipinski definition) is 0. The Kier molecular flexibility index (Phi) is 8.15. The Morgan fingerprint density at radius 1 is 0.362 bits per heavy atom. The van der Waals surface area contributed by atoms with Gasteiger partial charge in [-0.25, -0.2) is 0 Å². The maximum absolute atomic E-state index is 2.56. The highest BCUT2D eigenvalue weighted by Gasteiger charge is 2.44. The average molecular weight is 746 g/mol. The van der Waals surface area contributed by atoms with Crippen LogP contribution < -0.4 is 4.90 Å². The predicted molar refractivity (Wildman–Crippen MR) is 244 cm³/mol. The van der Waals surface area contributed by atoms with E-state index in [9.17, 15) is 0 Å². The lowest BCUT2D eigenvalue weighted by molar-refractivity contribution is 0.353. The zero-order valence-electron chi connectivity index (χ0n) is 33.4. The van der Waals surface area contributed by atoms with E-state index in [1.807, 2.05) is 0 Å². The molecule has 0 bridgehead atoms. The first kappa shape index (κ1) is 34.8. The highest BCUT2D eigenvalue weighted by molar-refractivity contribution is 5.95. The maximum atomic E-state index is 2.56. The molecule has 0 amide bonds. The maximum Gasteiger partial charge on any atom is 0.0540 e. The molecular formula is C57H47N. The molecule has 11 rings (SSSR count). The monoisotopic (exact) mass is 745 g/mol. The van der Waals surface area contributed by atoms with Gasteiger partial charge in [-0.3, -0.25) is 0 Å². The molecule has 280 valence electrons. The van der Waals surface area contributed by atoms with Crippen LogP contribution in [0.3, 0.4) is 0 Å². The van der Waals surface area contributed by atoms with E-state index in [2.05, 4.69) is 207 Å². The van der Waals surface area contributed by atoms with Gasteiger partial charge in [-0.1, -0.05) is 191 Å². The summed E-state index contributed by atoms with van der Waals surface area (Å²) in [5.74, 6) is 0. The third-order valence-electron chi connectivity index (χ3n) is 13.7. The normalized spacial score (nSPS) is 15.3. The summed E-state index contributed by atoms with van der Waals surface area (Å²) in [6.07, 6.45) is 6.29. The Morgan fingerprint density at radius 2 is 0.845 bits per heavy atom. The molecule has 3 aliphatic carbocycles. The van der Waals surface area contributed by atoms with Crippen molar-refractivity contribution in [3.05, 3.63) is 210 Å². The summed E-state index contributed by atoms with van der Waals surface area (Å²) in [5, 5.41) is 0. The van der Waals surface area contributed by atoms with Crippen LogP contribution in [-0.4, -0.2) is 0 Å². The lowest BCUT2D eigenvalue weighted by Crippen LogP contribution is -2.28. The summed E-state index contributed by atoms with van der Waals surface area (Å²) in [7, 11) is 0. The summed E-state index contributed by atoms with van der Waals surface area (Å²) in [4.78, 5) is 2.53. The molecule has 1 saturated carbocycles. The van der Waals surface area contributed by atoms with E-state index < -0.39 is 0 Å². The SMILES string of the molecule is CC1(C)c2ccccc2-c2cccc(-c3ccccc3N(c3ccc(-c4ccc(-c5ccccc5)cc4)cc3)c3ccc4c(c3)C3(CCCCC3)c3ccccc3-4)c21. The van der Waals surface area contributed by atoms with E-state index >= 15 is 0 Å². The molecule has 1 heteroatoms. The first-order chi connectivity index (χ1) is 28.5. The number of nitrogens with zero attached hydrogens (tertiary/aromatic N) is 1. The average Bonchev–Trinajstić information content (AvgIpc) is 3.69. The lowest BCUT2D eigenvalue weighted by atomic mass is 9.68. The van der Waals surface area contributed by atoms with E-state index in [1.165, 1.54) is 121 Å². The molecule has 0 aromatic heterocycles. The second-order valence-electron chi connectivity index (χ2n) is 17.2. The van der Waals surface area contributed by atoms with Gasteiger partial charge in [-0.05, 0) is 115 Å². The molecule has 8 aromatic carbocycles. The van der Waals surface area contributed by atoms with Crippen molar-refractivity contribution < 1.29 is 0 Å². The van der Waals surface area contributed by atoms with Crippen LogP contribution in [0.1, 0.15) is 68.2 Å².